The number of hydrogen-bond acceptors (Lipinski definition) is 5. The van der Waals surface area contributed by atoms with Gasteiger partial charge >= 0.3 is 6.03 Å². The number of carbonyl (C=O) groups is 1. The van der Waals surface area contributed by atoms with Crippen molar-refractivity contribution in [1.82, 2.24) is 14.8 Å². The Morgan fingerprint density at radius 3 is 2.53 bits per heavy atom. The van der Waals surface area contributed by atoms with Crippen molar-refractivity contribution < 1.29 is 9.53 Å². The van der Waals surface area contributed by atoms with Gasteiger partial charge in [-0.1, -0.05) is 12.1 Å². The minimum atomic E-state index is -0.525. The van der Waals surface area contributed by atoms with E-state index in [9.17, 15) is 4.79 Å². The molecule has 9 heteroatoms. The molecule has 0 saturated heterocycles. The molecule has 3 aromatic rings. The largest absolute Gasteiger partial charge is 0.489 e. The SMILES string of the molecule is Cc1cc(-c2nn(C)cc2Br)ccc1OCc1c(C)cccc1N(N)C(=O)N(C)N. The number of nitrogens with zero attached hydrogens (tertiary/aromatic N) is 4. The van der Waals surface area contributed by atoms with Crippen LogP contribution < -0.4 is 21.4 Å². The Balaban J connectivity index is 1.84. The number of amides is 2. The Labute approximate surface area is 184 Å². The number of nitrogens with two attached hydrogens (primary N) is 2. The zero-order valence-corrected chi connectivity index (χ0v) is 19.0. The van der Waals surface area contributed by atoms with Crippen LogP contribution in [0.1, 0.15) is 16.7 Å². The molecule has 4 N–H and O–H groups in total. The predicted octanol–water partition coefficient (Wildman–Crippen LogP) is 3.65. The summed E-state index contributed by atoms with van der Waals surface area (Å²) in [6, 6.07) is 10.9. The summed E-state index contributed by atoms with van der Waals surface area (Å²) in [5, 5.41) is 6.45. The van der Waals surface area contributed by atoms with E-state index >= 15 is 0 Å². The van der Waals surface area contributed by atoms with Crippen molar-refractivity contribution in [3.8, 4) is 17.0 Å². The van der Waals surface area contributed by atoms with Gasteiger partial charge in [0.05, 0.1) is 10.2 Å². The van der Waals surface area contributed by atoms with E-state index < -0.39 is 6.03 Å². The minimum Gasteiger partial charge on any atom is -0.489 e. The molecular formula is C21H25BrN6O2. The van der Waals surface area contributed by atoms with Gasteiger partial charge in [0.2, 0.25) is 0 Å². The van der Waals surface area contributed by atoms with Crippen LogP contribution in [0.3, 0.4) is 0 Å². The molecular weight excluding hydrogens is 448 g/mol. The molecule has 0 radical (unpaired) electrons. The molecule has 0 atom stereocenters. The lowest BCUT2D eigenvalue weighted by atomic mass is 10.1. The second-order valence-electron chi connectivity index (χ2n) is 7.10. The van der Waals surface area contributed by atoms with Crippen LogP contribution in [-0.2, 0) is 13.7 Å². The van der Waals surface area contributed by atoms with Crippen molar-refractivity contribution in [3.05, 3.63) is 63.8 Å². The molecule has 1 aromatic heterocycles. The van der Waals surface area contributed by atoms with Crippen LogP contribution in [0.2, 0.25) is 0 Å². The van der Waals surface area contributed by atoms with Crippen LogP contribution in [-0.4, -0.2) is 27.9 Å². The minimum absolute atomic E-state index is 0.255. The van der Waals surface area contributed by atoms with Crippen molar-refractivity contribution in [3.63, 3.8) is 0 Å². The molecule has 2 amide bonds. The molecule has 2 aromatic carbocycles. The smallest absolute Gasteiger partial charge is 0.352 e. The van der Waals surface area contributed by atoms with E-state index in [4.69, 9.17) is 16.4 Å². The average molecular weight is 473 g/mol. The number of ether oxygens (including phenoxy) is 1. The Morgan fingerprint density at radius 1 is 1.20 bits per heavy atom. The van der Waals surface area contributed by atoms with Gasteiger partial charge < -0.3 is 4.74 Å². The van der Waals surface area contributed by atoms with Gasteiger partial charge in [-0.3, -0.25) is 9.69 Å². The maximum absolute atomic E-state index is 12.2. The maximum Gasteiger partial charge on any atom is 0.352 e. The topological polar surface area (TPSA) is 103 Å². The summed E-state index contributed by atoms with van der Waals surface area (Å²) in [5.41, 5.74) is 5.16. The Hall–Kier alpha value is -2.88. The summed E-state index contributed by atoms with van der Waals surface area (Å²) < 4.78 is 8.78. The molecule has 0 aliphatic rings. The number of aromatic nitrogens is 2. The summed E-state index contributed by atoms with van der Waals surface area (Å²) >= 11 is 3.54. The summed E-state index contributed by atoms with van der Waals surface area (Å²) in [4.78, 5) is 12.2. The first-order chi connectivity index (χ1) is 14.2. The monoisotopic (exact) mass is 472 g/mol. The Bertz CT molecular complexity index is 1080. The lowest BCUT2D eigenvalue weighted by molar-refractivity contribution is 0.216. The molecule has 0 spiro atoms. The number of carbonyl (C=O) groups excluding carboxylic acids is 1. The van der Waals surface area contributed by atoms with Crippen molar-refractivity contribution >= 4 is 27.6 Å². The molecule has 0 unspecified atom stereocenters. The Kier molecular flexibility index (Phi) is 6.45. The highest BCUT2D eigenvalue weighted by atomic mass is 79.9. The van der Waals surface area contributed by atoms with Gasteiger partial charge in [-0.25, -0.2) is 21.5 Å². The fourth-order valence-electron chi connectivity index (χ4n) is 3.14. The summed E-state index contributed by atoms with van der Waals surface area (Å²) in [7, 11) is 3.32. The highest BCUT2D eigenvalue weighted by molar-refractivity contribution is 9.10. The van der Waals surface area contributed by atoms with E-state index in [-0.39, 0.29) is 6.61 Å². The summed E-state index contributed by atoms with van der Waals surface area (Å²) in [6.07, 6.45) is 1.91. The van der Waals surface area contributed by atoms with E-state index in [2.05, 4.69) is 21.0 Å². The van der Waals surface area contributed by atoms with Gasteiger partial charge in [0.15, 0.2) is 0 Å². The number of hydrogen-bond donors (Lipinski definition) is 2. The predicted molar refractivity (Wildman–Crippen MR) is 121 cm³/mol. The van der Waals surface area contributed by atoms with Crippen molar-refractivity contribution in [2.75, 3.05) is 12.1 Å². The number of aryl methyl sites for hydroxylation is 3. The molecule has 158 valence electrons. The molecule has 8 nitrogen and oxygen atoms in total. The fraction of sp³-hybridized carbons (Fsp3) is 0.238. The molecule has 0 saturated carbocycles. The van der Waals surface area contributed by atoms with Gasteiger partial charge in [0.1, 0.15) is 18.1 Å². The van der Waals surface area contributed by atoms with Crippen LogP contribution in [0.25, 0.3) is 11.3 Å². The third-order valence-corrected chi connectivity index (χ3v) is 5.34. The van der Waals surface area contributed by atoms with Crippen molar-refractivity contribution in [1.29, 1.82) is 0 Å². The van der Waals surface area contributed by atoms with E-state index in [0.29, 0.717) is 5.69 Å². The summed E-state index contributed by atoms with van der Waals surface area (Å²) in [5.74, 6) is 12.3. The van der Waals surface area contributed by atoms with Gasteiger partial charge in [0, 0.05) is 31.4 Å². The average Bonchev–Trinajstić information content (AvgIpc) is 3.04. The quantitative estimate of drug-likeness (QED) is 0.335. The number of anilines is 1. The number of urea groups is 1. The standard InChI is InChI=1S/C21H25BrN6O2/c1-13-6-5-7-18(28(24)21(29)27(4)23)16(13)12-30-19-9-8-15(10-14(19)2)20-17(22)11-26(3)25-20/h5-11H,12,23-24H2,1-4H3. The number of rotatable bonds is 5. The first-order valence-electron chi connectivity index (χ1n) is 9.27. The maximum atomic E-state index is 12.2. The summed E-state index contributed by atoms with van der Waals surface area (Å²) in [6.45, 7) is 4.18. The van der Waals surface area contributed by atoms with Crippen LogP contribution in [0.5, 0.6) is 5.75 Å². The third kappa shape index (κ3) is 4.48. The number of hydrazine groups is 2. The fourth-order valence-corrected chi connectivity index (χ4v) is 3.74. The molecule has 0 aliphatic heterocycles. The van der Waals surface area contributed by atoms with Gasteiger partial charge in [-0.15, -0.1) is 0 Å². The molecule has 0 bridgehead atoms. The molecule has 1 heterocycles. The first-order valence-corrected chi connectivity index (χ1v) is 10.1. The lowest BCUT2D eigenvalue weighted by Crippen LogP contribution is -2.49. The number of benzene rings is 2. The molecule has 0 fully saturated rings. The van der Waals surface area contributed by atoms with E-state index in [1.807, 2.05) is 57.4 Å². The van der Waals surface area contributed by atoms with Crippen LogP contribution in [0.15, 0.2) is 47.1 Å². The first kappa shape index (κ1) is 21.8. The van der Waals surface area contributed by atoms with E-state index in [1.165, 1.54) is 7.05 Å². The van der Waals surface area contributed by atoms with E-state index in [1.54, 1.807) is 10.7 Å². The highest BCUT2D eigenvalue weighted by Crippen LogP contribution is 2.31. The second kappa shape index (κ2) is 8.86. The van der Waals surface area contributed by atoms with Crippen LogP contribution in [0, 0.1) is 13.8 Å². The van der Waals surface area contributed by atoms with Gasteiger partial charge in [0.25, 0.3) is 0 Å². The second-order valence-corrected chi connectivity index (χ2v) is 7.96. The number of halogens is 1. The lowest BCUT2D eigenvalue weighted by Gasteiger charge is -2.24. The molecule has 30 heavy (non-hydrogen) atoms. The normalized spacial score (nSPS) is 10.8. The third-order valence-electron chi connectivity index (χ3n) is 4.76. The Morgan fingerprint density at radius 2 is 1.93 bits per heavy atom. The van der Waals surface area contributed by atoms with Crippen LogP contribution in [0.4, 0.5) is 10.5 Å². The van der Waals surface area contributed by atoms with Gasteiger partial charge in [-0.05, 0) is 65.2 Å². The van der Waals surface area contributed by atoms with Crippen LogP contribution >= 0.6 is 15.9 Å². The zero-order valence-electron chi connectivity index (χ0n) is 17.4. The highest BCUT2D eigenvalue weighted by Gasteiger charge is 2.19. The van der Waals surface area contributed by atoms with E-state index in [0.717, 1.165) is 48.2 Å². The van der Waals surface area contributed by atoms with Gasteiger partial charge in [-0.2, -0.15) is 5.10 Å². The molecule has 0 aliphatic carbocycles. The van der Waals surface area contributed by atoms with Crippen molar-refractivity contribution in [2.45, 2.75) is 20.5 Å². The van der Waals surface area contributed by atoms with Crippen molar-refractivity contribution in [2.24, 2.45) is 18.7 Å². The zero-order chi connectivity index (χ0) is 22.0. The molecule has 3 rings (SSSR count).